The van der Waals surface area contributed by atoms with E-state index in [1.165, 1.54) is 6.92 Å². The number of halogens is 1. The monoisotopic (exact) mass is 274 g/mol. The average Bonchev–Trinajstić information content (AvgIpc) is 2.32. The van der Waals surface area contributed by atoms with Crippen LogP contribution in [-0.2, 0) is 9.47 Å². The molecule has 0 radical (unpaired) electrons. The first kappa shape index (κ1) is 13.6. The molecule has 0 spiro atoms. The minimum Gasteiger partial charge on any atom is -0.491 e. The average molecular weight is 275 g/mol. The van der Waals surface area contributed by atoms with E-state index >= 15 is 0 Å². The molecule has 6 heteroatoms. The molecule has 1 heterocycles. The molecule has 1 aliphatic rings. The number of benzene rings is 1. The minimum atomic E-state index is -1.72. The van der Waals surface area contributed by atoms with Crippen LogP contribution in [0, 0.1) is 0 Å². The molecule has 0 bridgehead atoms. The summed E-state index contributed by atoms with van der Waals surface area (Å²) in [5.74, 6) is -1.07. The fourth-order valence-corrected chi connectivity index (χ4v) is 1.71. The molecule has 2 N–H and O–H groups in total. The summed E-state index contributed by atoms with van der Waals surface area (Å²) in [6.07, 6.45) is -1.79. The standard InChI is InChI=1S/C12H15ClO5/c1-12(15)11(14)17-7-10(18-12)6-16-9-4-2-8(13)3-5-9/h2-5,10-11,14-15H,6-7H2,1H3/t10-,11+,12-/m0/s1. The van der Waals surface area contributed by atoms with Crippen LogP contribution < -0.4 is 4.74 Å². The van der Waals surface area contributed by atoms with E-state index < -0.39 is 18.2 Å². The lowest BCUT2D eigenvalue weighted by atomic mass is 10.2. The number of aliphatic hydroxyl groups excluding tert-OH is 1. The van der Waals surface area contributed by atoms with Crippen molar-refractivity contribution in [1.82, 2.24) is 0 Å². The largest absolute Gasteiger partial charge is 0.491 e. The van der Waals surface area contributed by atoms with Gasteiger partial charge in [-0.25, -0.2) is 0 Å². The van der Waals surface area contributed by atoms with Gasteiger partial charge in [0.2, 0.25) is 12.1 Å². The van der Waals surface area contributed by atoms with Gasteiger partial charge in [0, 0.05) is 5.02 Å². The number of hydrogen-bond donors (Lipinski definition) is 2. The van der Waals surface area contributed by atoms with Gasteiger partial charge >= 0.3 is 0 Å². The summed E-state index contributed by atoms with van der Waals surface area (Å²) in [6.45, 7) is 1.71. The molecule has 2 rings (SSSR count). The molecule has 0 aromatic heterocycles. The Kier molecular flexibility index (Phi) is 4.09. The summed E-state index contributed by atoms with van der Waals surface area (Å²) in [4.78, 5) is 0. The Morgan fingerprint density at radius 3 is 2.72 bits per heavy atom. The molecular formula is C12H15ClO5. The molecule has 100 valence electrons. The summed E-state index contributed by atoms with van der Waals surface area (Å²) in [6, 6.07) is 6.90. The van der Waals surface area contributed by atoms with E-state index in [1.54, 1.807) is 24.3 Å². The van der Waals surface area contributed by atoms with Crippen molar-refractivity contribution in [2.24, 2.45) is 0 Å². The van der Waals surface area contributed by atoms with E-state index in [0.29, 0.717) is 10.8 Å². The van der Waals surface area contributed by atoms with Gasteiger partial charge in [-0.1, -0.05) is 11.6 Å². The highest BCUT2D eigenvalue weighted by Crippen LogP contribution is 2.22. The lowest BCUT2D eigenvalue weighted by Gasteiger charge is -2.37. The third-order valence-corrected chi connectivity index (χ3v) is 2.80. The first-order chi connectivity index (χ1) is 8.47. The van der Waals surface area contributed by atoms with Crippen molar-refractivity contribution < 1.29 is 24.4 Å². The number of aliphatic hydroxyl groups is 2. The van der Waals surface area contributed by atoms with E-state index in [0.717, 1.165) is 0 Å². The summed E-state index contributed by atoms with van der Waals surface area (Å²) < 4.78 is 15.7. The first-order valence-corrected chi connectivity index (χ1v) is 5.93. The summed E-state index contributed by atoms with van der Waals surface area (Å²) in [5, 5.41) is 19.6. The zero-order chi connectivity index (χ0) is 13.2. The Hall–Kier alpha value is -0.850. The second-order valence-electron chi connectivity index (χ2n) is 4.25. The van der Waals surface area contributed by atoms with Gasteiger partial charge in [-0.2, -0.15) is 0 Å². The van der Waals surface area contributed by atoms with Crippen molar-refractivity contribution in [1.29, 1.82) is 0 Å². The molecule has 1 aliphatic heterocycles. The highest BCUT2D eigenvalue weighted by molar-refractivity contribution is 6.30. The van der Waals surface area contributed by atoms with Crippen LogP contribution in [-0.4, -0.2) is 41.6 Å². The zero-order valence-corrected chi connectivity index (χ0v) is 10.6. The third kappa shape index (κ3) is 3.34. The summed E-state index contributed by atoms with van der Waals surface area (Å²) in [5.41, 5.74) is 0. The summed E-state index contributed by atoms with van der Waals surface area (Å²) in [7, 11) is 0. The van der Waals surface area contributed by atoms with E-state index in [9.17, 15) is 10.2 Å². The maximum absolute atomic E-state index is 9.68. The molecule has 1 aromatic carbocycles. The van der Waals surface area contributed by atoms with Gasteiger partial charge < -0.3 is 24.4 Å². The molecule has 3 atom stereocenters. The lowest BCUT2D eigenvalue weighted by Crippen LogP contribution is -2.53. The van der Waals surface area contributed by atoms with Crippen LogP contribution in [0.3, 0.4) is 0 Å². The van der Waals surface area contributed by atoms with Crippen molar-refractivity contribution in [2.75, 3.05) is 13.2 Å². The van der Waals surface area contributed by atoms with Gasteiger partial charge in [0.05, 0.1) is 6.61 Å². The zero-order valence-electron chi connectivity index (χ0n) is 9.88. The van der Waals surface area contributed by atoms with Crippen LogP contribution >= 0.6 is 11.6 Å². The van der Waals surface area contributed by atoms with E-state index in [4.69, 9.17) is 25.8 Å². The molecule has 0 unspecified atom stereocenters. The third-order valence-electron chi connectivity index (χ3n) is 2.55. The van der Waals surface area contributed by atoms with E-state index in [-0.39, 0.29) is 13.2 Å². The van der Waals surface area contributed by atoms with Crippen LogP contribution in [0.25, 0.3) is 0 Å². The molecular weight excluding hydrogens is 260 g/mol. The maximum atomic E-state index is 9.68. The molecule has 0 aliphatic carbocycles. The molecule has 18 heavy (non-hydrogen) atoms. The second-order valence-corrected chi connectivity index (χ2v) is 4.68. The van der Waals surface area contributed by atoms with Crippen LogP contribution in [0.1, 0.15) is 6.92 Å². The van der Waals surface area contributed by atoms with Crippen LogP contribution in [0.15, 0.2) is 24.3 Å². The van der Waals surface area contributed by atoms with Crippen molar-refractivity contribution in [3.63, 3.8) is 0 Å². The quantitative estimate of drug-likeness (QED) is 0.866. The topological polar surface area (TPSA) is 68.2 Å². The highest BCUT2D eigenvalue weighted by atomic mass is 35.5. The second kappa shape index (κ2) is 5.42. The Balaban J connectivity index is 1.86. The molecule has 1 aromatic rings. The normalized spacial score (nSPS) is 32.2. The van der Waals surface area contributed by atoms with Crippen molar-refractivity contribution in [2.45, 2.75) is 25.1 Å². The Morgan fingerprint density at radius 1 is 1.44 bits per heavy atom. The Morgan fingerprint density at radius 2 is 2.11 bits per heavy atom. The Labute approximate surface area is 110 Å². The van der Waals surface area contributed by atoms with Crippen molar-refractivity contribution in [3.05, 3.63) is 29.3 Å². The smallest absolute Gasteiger partial charge is 0.215 e. The predicted octanol–water partition coefficient (Wildman–Crippen LogP) is 1.16. The maximum Gasteiger partial charge on any atom is 0.215 e. The fraction of sp³-hybridized carbons (Fsp3) is 0.500. The SMILES string of the molecule is C[C@]1(O)O[C@@H](COc2ccc(Cl)cc2)CO[C@H]1O. The van der Waals surface area contributed by atoms with Gasteiger partial charge in [0.15, 0.2) is 0 Å². The van der Waals surface area contributed by atoms with Gasteiger partial charge in [-0.3, -0.25) is 0 Å². The highest BCUT2D eigenvalue weighted by Gasteiger charge is 2.40. The van der Waals surface area contributed by atoms with E-state index in [2.05, 4.69) is 0 Å². The van der Waals surface area contributed by atoms with Gasteiger partial charge in [0.1, 0.15) is 18.5 Å². The van der Waals surface area contributed by atoms with Crippen molar-refractivity contribution >= 4 is 11.6 Å². The van der Waals surface area contributed by atoms with E-state index in [1.807, 2.05) is 0 Å². The first-order valence-electron chi connectivity index (χ1n) is 5.55. The van der Waals surface area contributed by atoms with Gasteiger partial charge in [-0.05, 0) is 31.2 Å². The Bertz CT molecular complexity index is 392. The van der Waals surface area contributed by atoms with Crippen LogP contribution in [0.5, 0.6) is 5.75 Å². The summed E-state index contributed by atoms with van der Waals surface area (Å²) >= 11 is 5.75. The minimum absolute atomic E-state index is 0.158. The van der Waals surface area contributed by atoms with Gasteiger partial charge in [0.25, 0.3) is 0 Å². The number of rotatable bonds is 3. The molecule has 5 nitrogen and oxygen atoms in total. The molecule has 0 amide bonds. The fourth-order valence-electron chi connectivity index (χ4n) is 1.58. The van der Waals surface area contributed by atoms with Crippen LogP contribution in [0.2, 0.25) is 5.02 Å². The number of hydrogen-bond acceptors (Lipinski definition) is 5. The number of ether oxygens (including phenoxy) is 3. The predicted molar refractivity (Wildman–Crippen MR) is 64.4 cm³/mol. The van der Waals surface area contributed by atoms with Gasteiger partial charge in [-0.15, -0.1) is 0 Å². The molecule has 0 saturated carbocycles. The molecule has 1 fully saturated rings. The van der Waals surface area contributed by atoms with Crippen molar-refractivity contribution in [3.8, 4) is 5.75 Å². The molecule has 1 saturated heterocycles. The van der Waals surface area contributed by atoms with Crippen LogP contribution in [0.4, 0.5) is 0 Å². The lowest BCUT2D eigenvalue weighted by molar-refractivity contribution is -0.372.